The molecule has 38 heavy (non-hydrogen) atoms. The van der Waals surface area contributed by atoms with Gasteiger partial charge in [-0.05, 0) is 40.8 Å². The van der Waals surface area contributed by atoms with Crippen LogP contribution >= 0.6 is 0 Å². The van der Waals surface area contributed by atoms with E-state index in [4.69, 9.17) is 14.2 Å². The summed E-state index contributed by atoms with van der Waals surface area (Å²) < 4.78 is 17.6. The molecule has 0 N–H and O–H groups in total. The highest BCUT2D eigenvalue weighted by atomic mass is 16.5. The molecule has 188 valence electrons. The first-order chi connectivity index (χ1) is 18.5. The molecule has 1 heterocycles. The molecule has 0 bridgehead atoms. The van der Waals surface area contributed by atoms with E-state index in [-0.39, 0.29) is 23.3 Å². The Balaban J connectivity index is 1.74. The predicted octanol–water partition coefficient (Wildman–Crippen LogP) is 7.01. The number of carbonyl (C=O) groups is 2. The fourth-order valence-electron chi connectivity index (χ4n) is 5.70. The Labute approximate surface area is 220 Å². The lowest BCUT2D eigenvalue weighted by Gasteiger charge is -2.40. The van der Waals surface area contributed by atoms with Gasteiger partial charge in [-0.25, -0.2) is 4.79 Å². The van der Waals surface area contributed by atoms with Crippen LogP contribution in [0.25, 0.3) is 21.5 Å². The number of ketones is 1. The summed E-state index contributed by atoms with van der Waals surface area (Å²) in [6, 6.07) is 29.4. The zero-order chi connectivity index (χ0) is 26.4. The van der Waals surface area contributed by atoms with Crippen molar-refractivity contribution in [1.82, 2.24) is 0 Å². The van der Waals surface area contributed by atoms with E-state index in [0.717, 1.165) is 32.7 Å². The summed E-state index contributed by atoms with van der Waals surface area (Å²) in [5.74, 6) is 0.380. The highest BCUT2D eigenvalue weighted by molar-refractivity contribution is 6.21. The normalized spacial score (nSPS) is 16.7. The molecule has 0 radical (unpaired) electrons. The molecular formula is C33H26O5. The van der Waals surface area contributed by atoms with Gasteiger partial charge in [0.15, 0.2) is 11.4 Å². The van der Waals surface area contributed by atoms with Crippen molar-refractivity contribution in [2.24, 2.45) is 0 Å². The number of hydrogen-bond donors (Lipinski definition) is 0. The average Bonchev–Trinajstić information content (AvgIpc) is 2.97. The molecule has 1 unspecified atom stereocenters. The number of benzene rings is 5. The fraction of sp³-hybridized carbons (Fsp3) is 0.152. The van der Waals surface area contributed by atoms with Gasteiger partial charge in [0.05, 0.1) is 31.8 Å². The van der Waals surface area contributed by atoms with E-state index in [1.165, 1.54) is 7.11 Å². The van der Waals surface area contributed by atoms with Gasteiger partial charge in [-0.3, -0.25) is 4.79 Å². The van der Waals surface area contributed by atoms with Gasteiger partial charge in [0, 0.05) is 16.5 Å². The van der Waals surface area contributed by atoms with E-state index < -0.39 is 11.6 Å². The molecule has 5 heteroatoms. The minimum atomic E-state index is -1.11. The second-order valence-electron chi connectivity index (χ2n) is 9.53. The zero-order valence-corrected chi connectivity index (χ0v) is 21.4. The maximum absolute atomic E-state index is 14.2. The van der Waals surface area contributed by atoms with Crippen molar-refractivity contribution in [2.75, 3.05) is 14.2 Å². The fourth-order valence-corrected chi connectivity index (χ4v) is 5.70. The highest BCUT2D eigenvalue weighted by Crippen LogP contribution is 2.50. The van der Waals surface area contributed by atoms with Gasteiger partial charge >= 0.3 is 5.97 Å². The summed E-state index contributed by atoms with van der Waals surface area (Å²) in [5.41, 5.74) is 1.79. The SMILES string of the molecule is COC(=O)c1c2c(c3c(ccc4ccccc43)c1C)OC(c1ccccc1)(c1ccc(OC)cc1)CC2=O. The highest BCUT2D eigenvalue weighted by Gasteiger charge is 2.46. The van der Waals surface area contributed by atoms with Crippen LogP contribution < -0.4 is 9.47 Å². The second kappa shape index (κ2) is 9.03. The van der Waals surface area contributed by atoms with Crippen molar-refractivity contribution in [2.45, 2.75) is 18.9 Å². The first kappa shape index (κ1) is 23.7. The molecule has 0 spiro atoms. The Bertz CT molecular complexity index is 1720. The van der Waals surface area contributed by atoms with Gasteiger partial charge in [0.1, 0.15) is 11.5 Å². The standard InChI is InChI=1S/C33H26O5/c1-20-25-18-13-21-9-7-8-12-26(21)29(25)31-30(28(20)32(35)37-3)27(34)19-33(38-31,22-10-5-4-6-11-22)23-14-16-24(36-2)17-15-23/h4-18H,19H2,1-3H3. The van der Waals surface area contributed by atoms with E-state index in [1.54, 1.807) is 7.11 Å². The molecule has 5 nitrogen and oxygen atoms in total. The molecule has 5 aromatic carbocycles. The third-order valence-electron chi connectivity index (χ3n) is 7.56. The average molecular weight is 503 g/mol. The summed E-state index contributed by atoms with van der Waals surface area (Å²) in [4.78, 5) is 27.3. The van der Waals surface area contributed by atoms with Crippen molar-refractivity contribution < 1.29 is 23.8 Å². The zero-order valence-electron chi connectivity index (χ0n) is 21.4. The Morgan fingerprint density at radius 2 is 1.50 bits per heavy atom. The van der Waals surface area contributed by atoms with Crippen LogP contribution in [0.1, 0.15) is 43.8 Å². The van der Waals surface area contributed by atoms with Crippen molar-refractivity contribution in [3.63, 3.8) is 0 Å². The Morgan fingerprint density at radius 1 is 0.816 bits per heavy atom. The number of hydrogen-bond acceptors (Lipinski definition) is 5. The van der Waals surface area contributed by atoms with Crippen LogP contribution in [0.2, 0.25) is 0 Å². The van der Waals surface area contributed by atoms with Gasteiger partial charge in [-0.15, -0.1) is 0 Å². The molecule has 0 amide bonds. The lowest BCUT2D eigenvalue weighted by atomic mass is 9.76. The summed E-state index contributed by atoms with van der Waals surface area (Å²) in [5, 5.41) is 3.62. The van der Waals surface area contributed by atoms with Crippen molar-refractivity contribution in [1.29, 1.82) is 0 Å². The monoisotopic (exact) mass is 502 g/mol. The summed E-state index contributed by atoms with van der Waals surface area (Å²) in [6.45, 7) is 1.86. The second-order valence-corrected chi connectivity index (χ2v) is 9.53. The molecule has 6 rings (SSSR count). The number of ether oxygens (including phenoxy) is 3. The minimum Gasteiger partial charge on any atom is -0.497 e. The third-order valence-corrected chi connectivity index (χ3v) is 7.56. The summed E-state index contributed by atoms with van der Waals surface area (Å²) in [7, 11) is 2.95. The van der Waals surface area contributed by atoms with Crippen LogP contribution in [0.5, 0.6) is 11.5 Å². The Hall–Kier alpha value is -4.64. The van der Waals surface area contributed by atoms with E-state index in [2.05, 4.69) is 0 Å². The lowest BCUT2D eigenvalue weighted by molar-refractivity contribution is 0.0556. The van der Waals surface area contributed by atoms with Crippen LogP contribution in [-0.2, 0) is 10.3 Å². The van der Waals surface area contributed by atoms with E-state index in [0.29, 0.717) is 17.1 Å². The Kier molecular flexibility index (Phi) is 5.64. The van der Waals surface area contributed by atoms with Crippen LogP contribution in [0.4, 0.5) is 0 Å². The maximum atomic E-state index is 14.2. The molecule has 1 atom stereocenters. The van der Waals surface area contributed by atoms with Crippen LogP contribution in [0.15, 0.2) is 91.0 Å². The first-order valence-corrected chi connectivity index (χ1v) is 12.5. The minimum absolute atomic E-state index is 0.0239. The Morgan fingerprint density at radius 3 is 2.21 bits per heavy atom. The maximum Gasteiger partial charge on any atom is 0.339 e. The van der Waals surface area contributed by atoms with E-state index in [1.807, 2.05) is 97.9 Å². The summed E-state index contributed by atoms with van der Waals surface area (Å²) >= 11 is 0. The molecule has 0 saturated carbocycles. The van der Waals surface area contributed by atoms with Gasteiger partial charge in [-0.2, -0.15) is 0 Å². The van der Waals surface area contributed by atoms with E-state index in [9.17, 15) is 9.59 Å². The van der Waals surface area contributed by atoms with Crippen LogP contribution in [0, 0.1) is 6.92 Å². The lowest BCUT2D eigenvalue weighted by Crippen LogP contribution is -2.41. The van der Waals surface area contributed by atoms with E-state index >= 15 is 0 Å². The summed E-state index contributed by atoms with van der Waals surface area (Å²) in [6.07, 6.45) is 0.0239. The third kappa shape index (κ3) is 3.46. The van der Waals surface area contributed by atoms with Gasteiger partial charge in [0.25, 0.3) is 0 Å². The predicted molar refractivity (Wildman–Crippen MR) is 147 cm³/mol. The molecule has 5 aromatic rings. The number of carbonyl (C=O) groups excluding carboxylic acids is 2. The van der Waals surface area contributed by atoms with Gasteiger partial charge in [0.2, 0.25) is 0 Å². The first-order valence-electron chi connectivity index (χ1n) is 12.5. The van der Waals surface area contributed by atoms with Crippen LogP contribution in [0.3, 0.4) is 0 Å². The number of methoxy groups -OCH3 is 2. The van der Waals surface area contributed by atoms with Gasteiger partial charge < -0.3 is 14.2 Å². The quantitative estimate of drug-likeness (QED) is 0.195. The molecule has 0 fully saturated rings. The number of Topliss-reactive ketones (excluding diaryl/α,β-unsaturated/α-hetero) is 1. The molecule has 0 aromatic heterocycles. The van der Waals surface area contributed by atoms with Crippen molar-refractivity contribution >= 4 is 33.3 Å². The number of esters is 1. The molecule has 1 aliphatic heterocycles. The largest absolute Gasteiger partial charge is 0.497 e. The molecular weight excluding hydrogens is 476 g/mol. The van der Waals surface area contributed by atoms with Crippen molar-refractivity contribution in [3.05, 3.63) is 119 Å². The number of fused-ring (bicyclic) bond motifs is 5. The number of aryl methyl sites for hydroxylation is 1. The van der Waals surface area contributed by atoms with Gasteiger partial charge in [-0.1, -0.05) is 78.9 Å². The molecule has 1 aliphatic rings. The van der Waals surface area contributed by atoms with Crippen LogP contribution in [-0.4, -0.2) is 26.0 Å². The molecule has 0 aliphatic carbocycles. The van der Waals surface area contributed by atoms with Crippen molar-refractivity contribution in [3.8, 4) is 11.5 Å². The smallest absolute Gasteiger partial charge is 0.339 e. The number of rotatable bonds is 4. The molecule has 0 saturated heterocycles. The topological polar surface area (TPSA) is 61.8 Å².